The zero-order valence-electron chi connectivity index (χ0n) is 13.3. The molecule has 114 valence electrons. The Kier molecular flexibility index (Phi) is 4.28. The molecule has 0 atom stereocenters. The van der Waals surface area contributed by atoms with E-state index in [9.17, 15) is 4.79 Å². The molecule has 0 unspecified atom stereocenters. The van der Waals surface area contributed by atoms with E-state index in [1.807, 2.05) is 18.2 Å². The fourth-order valence-electron chi connectivity index (χ4n) is 2.88. The van der Waals surface area contributed by atoms with Crippen molar-refractivity contribution in [3.05, 3.63) is 64.7 Å². The number of ketones is 1. The largest absolute Gasteiger partial charge is 0.489 e. The number of hydrogen-bond acceptors (Lipinski definition) is 2. The van der Waals surface area contributed by atoms with Gasteiger partial charge in [0.2, 0.25) is 0 Å². The van der Waals surface area contributed by atoms with E-state index in [2.05, 4.69) is 38.1 Å². The Morgan fingerprint density at radius 2 is 1.82 bits per heavy atom. The van der Waals surface area contributed by atoms with Crippen LogP contribution in [0.4, 0.5) is 0 Å². The van der Waals surface area contributed by atoms with E-state index >= 15 is 0 Å². The van der Waals surface area contributed by atoms with Crippen LogP contribution < -0.4 is 4.74 Å². The van der Waals surface area contributed by atoms with Crippen molar-refractivity contribution < 1.29 is 9.53 Å². The van der Waals surface area contributed by atoms with E-state index in [1.165, 1.54) is 5.56 Å². The van der Waals surface area contributed by atoms with Crippen LogP contribution in [0.2, 0.25) is 0 Å². The third-order valence-electron chi connectivity index (χ3n) is 4.28. The summed E-state index contributed by atoms with van der Waals surface area (Å²) in [7, 11) is 0. The first-order valence-electron chi connectivity index (χ1n) is 8.01. The van der Waals surface area contributed by atoms with Gasteiger partial charge < -0.3 is 4.74 Å². The molecule has 0 saturated heterocycles. The maximum absolute atomic E-state index is 11.8. The van der Waals surface area contributed by atoms with E-state index in [4.69, 9.17) is 4.74 Å². The summed E-state index contributed by atoms with van der Waals surface area (Å²) >= 11 is 0. The number of carbonyl (C=O) groups excluding carboxylic acids is 1. The van der Waals surface area contributed by atoms with Gasteiger partial charge in [-0.05, 0) is 53.6 Å². The molecule has 0 heterocycles. The van der Waals surface area contributed by atoms with Gasteiger partial charge >= 0.3 is 0 Å². The van der Waals surface area contributed by atoms with Crippen LogP contribution in [0.15, 0.2) is 42.5 Å². The maximum Gasteiger partial charge on any atom is 0.163 e. The van der Waals surface area contributed by atoms with Crippen LogP contribution in [0.1, 0.15) is 59.7 Å². The minimum absolute atomic E-state index is 0.261. The van der Waals surface area contributed by atoms with Crippen LogP contribution in [0, 0.1) is 0 Å². The van der Waals surface area contributed by atoms with Gasteiger partial charge in [-0.25, -0.2) is 0 Å². The summed E-state index contributed by atoms with van der Waals surface area (Å²) in [5.41, 5.74) is 4.51. The van der Waals surface area contributed by atoms with Crippen LogP contribution in [-0.2, 0) is 13.0 Å². The van der Waals surface area contributed by atoms with Gasteiger partial charge in [-0.1, -0.05) is 38.1 Å². The predicted molar refractivity (Wildman–Crippen MR) is 88.6 cm³/mol. The molecule has 3 rings (SSSR count). The van der Waals surface area contributed by atoms with E-state index in [0.717, 1.165) is 35.3 Å². The summed E-state index contributed by atoms with van der Waals surface area (Å²) in [5, 5.41) is 0. The fourth-order valence-corrected chi connectivity index (χ4v) is 2.88. The molecule has 2 heteroatoms. The van der Waals surface area contributed by atoms with Gasteiger partial charge in [-0.2, -0.15) is 0 Å². The quantitative estimate of drug-likeness (QED) is 0.801. The summed E-state index contributed by atoms with van der Waals surface area (Å²) < 4.78 is 5.88. The highest BCUT2D eigenvalue weighted by Crippen LogP contribution is 2.26. The summed E-state index contributed by atoms with van der Waals surface area (Å²) in [6, 6.07) is 14.4. The lowest BCUT2D eigenvalue weighted by atomic mass is 9.90. The van der Waals surface area contributed by atoms with Gasteiger partial charge in [-0.15, -0.1) is 0 Å². The molecule has 0 fully saturated rings. The zero-order valence-corrected chi connectivity index (χ0v) is 13.3. The fraction of sp³-hybridized carbons (Fsp3) is 0.350. The van der Waals surface area contributed by atoms with Gasteiger partial charge in [0.15, 0.2) is 5.78 Å². The number of benzene rings is 2. The number of Topliss-reactive ketones (excluding diaryl/α,β-unsaturated/α-hetero) is 1. The van der Waals surface area contributed by atoms with Crippen molar-refractivity contribution >= 4 is 5.78 Å². The van der Waals surface area contributed by atoms with Crippen molar-refractivity contribution in [3.63, 3.8) is 0 Å². The van der Waals surface area contributed by atoms with Crippen molar-refractivity contribution in [2.24, 2.45) is 0 Å². The molecule has 0 aliphatic heterocycles. The lowest BCUT2D eigenvalue weighted by molar-refractivity contribution is 0.0972. The predicted octanol–water partition coefficient (Wildman–Crippen LogP) is 4.91. The number of rotatable bonds is 4. The normalized spacial score (nSPS) is 14.0. The second-order valence-corrected chi connectivity index (χ2v) is 6.28. The van der Waals surface area contributed by atoms with Gasteiger partial charge in [0.1, 0.15) is 12.4 Å². The lowest BCUT2D eigenvalue weighted by Gasteiger charge is -2.16. The number of aryl methyl sites for hydroxylation is 1. The Bertz CT molecular complexity index is 669. The number of ether oxygens (including phenoxy) is 1. The molecule has 0 radical (unpaired) electrons. The van der Waals surface area contributed by atoms with Crippen molar-refractivity contribution in [1.82, 2.24) is 0 Å². The SMILES string of the molecule is CC(C)c1ccc(COc2ccc3c(c2)CCCC3=O)cc1. The highest BCUT2D eigenvalue weighted by molar-refractivity contribution is 5.98. The van der Waals surface area contributed by atoms with Crippen LogP contribution in [0.5, 0.6) is 5.75 Å². The van der Waals surface area contributed by atoms with Crippen molar-refractivity contribution in [2.45, 2.75) is 45.6 Å². The molecule has 0 N–H and O–H groups in total. The Hall–Kier alpha value is -2.09. The van der Waals surface area contributed by atoms with Gasteiger partial charge in [0.25, 0.3) is 0 Å². The molecular formula is C20H22O2. The van der Waals surface area contributed by atoms with Gasteiger partial charge in [0.05, 0.1) is 0 Å². The molecule has 0 aromatic heterocycles. The van der Waals surface area contributed by atoms with Crippen LogP contribution >= 0.6 is 0 Å². The summed E-state index contributed by atoms with van der Waals surface area (Å²) in [5.74, 6) is 1.66. The number of carbonyl (C=O) groups is 1. The Balaban J connectivity index is 1.67. The second kappa shape index (κ2) is 6.35. The first kappa shape index (κ1) is 14.8. The molecule has 1 aliphatic rings. The van der Waals surface area contributed by atoms with E-state index in [-0.39, 0.29) is 5.78 Å². The zero-order chi connectivity index (χ0) is 15.5. The molecule has 2 aromatic rings. The number of hydrogen-bond donors (Lipinski definition) is 0. The van der Waals surface area contributed by atoms with E-state index < -0.39 is 0 Å². The number of fused-ring (bicyclic) bond motifs is 1. The third kappa shape index (κ3) is 3.22. The summed E-state index contributed by atoms with van der Waals surface area (Å²) in [4.78, 5) is 11.8. The van der Waals surface area contributed by atoms with Gasteiger partial charge in [0, 0.05) is 12.0 Å². The van der Waals surface area contributed by atoms with E-state index in [1.54, 1.807) is 0 Å². The highest BCUT2D eigenvalue weighted by Gasteiger charge is 2.17. The molecule has 0 amide bonds. The van der Waals surface area contributed by atoms with Crippen LogP contribution in [0.3, 0.4) is 0 Å². The molecule has 2 aromatic carbocycles. The van der Waals surface area contributed by atoms with Crippen molar-refractivity contribution in [3.8, 4) is 5.75 Å². The third-order valence-corrected chi connectivity index (χ3v) is 4.28. The first-order chi connectivity index (χ1) is 10.6. The van der Waals surface area contributed by atoms with Crippen molar-refractivity contribution in [2.75, 3.05) is 0 Å². The molecule has 2 nitrogen and oxygen atoms in total. The molecular weight excluding hydrogens is 272 g/mol. The topological polar surface area (TPSA) is 26.3 Å². The molecule has 0 bridgehead atoms. The smallest absolute Gasteiger partial charge is 0.163 e. The average molecular weight is 294 g/mol. The molecule has 22 heavy (non-hydrogen) atoms. The second-order valence-electron chi connectivity index (χ2n) is 6.28. The minimum atomic E-state index is 0.261. The maximum atomic E-state index is 11.8. The van der Waals surface area contributed by atoms with Gasteiger partial charge in [-0.3, -0.25) is 4.79 Å². The van der Waals surface area contributed by atoms with Crippen LogP contribution in [0.25, 0.3) is 0 Å². The Labute approximate surface area is 132 Å². The molecule has 0 spiro atoms. The summed E-state index contributed by atoms with van der Waals surface area (Å²) in [6.07, 6.45) is 2.60. The van der Waals surface area contributed by atoms with Crippen molar-refractivity contribution in [1.29, 1.82) is 0 Å². The first-order valence-corrected chi connectivity index (χ1v) is 8.01. The Morgan fingerprint density at radius 1 is 1.05 bits per heavy atom. The lowest BCUT2D eigenvalue weighted by Crippen LogP contribution is -2.10. The summed E-state index contributed by atoms with van der Waals surface area (Å²) in [6.45, 7) is 4.95. The van der Waals surface area contributed by atoms with E-state index in [0.29, 0.717) is 18.9 Å². The monoisotopic (exact) mass is 294 g/mol. The average Bonchev–Trinajstić information content (AvgIpc) is 2.53. The Morgan fingerprint density at radius 3 is 2.55 bits per heavy atom. The van der Waals surface area contributed by atoms with Crippen LogP contribution in [-0.4, -0.2) is 5.78 Å². The molecule has 1 aliphatic carbocycles. The molecule has 0 saturated carbocycles. The minimum Gasteiger partial charge on any atom is -0.489 e. The highest BCUT2D eigenvalue weighted by atomic mass is 16.5. The standard InChI is InChI=1S/C20H22O2/c1-14(2)16-8-6-15(7-9-16)13-22-18-10-11-19-17(12-18)4-3-5-20(19)21/h6-12,14H,3-5,13H2,1-2H3.